The smallest absolute Gasteiger partial charge is 0.244 e. The Bertz CT molecular complexity index is 546. The van der Waals surface area contributed by atoms with Gasteiger partial charge in [0.15, 0.2) is 0 Å². The third-order valence-electron chi connectivity index (χ3n) is 4.48. The fraction of sp³-hybridized carbons (Fsp3) is 1.00. The van der Waals surface area contributed by atoms with Crippen LogP contribution in [0.2, 0.25) is 0 Å². The lowest BCUT2D eigenvalue weighted by Crippen LogP contribution is -2.18. The minimum absolute atomic E-state index is 0.316. The summed E-state index contributed by atoms with van der Waals surface area (Å²) >= 11 is 0. The van der Waals surface area contributed by atoms with E-state index in [4.69, 9.17) is 0 Å². The molecule has 1 spiro atoms. The van der Waals surface area contributed by atoms with Crippen LogP contribution in [0.15, 0.2) is 0 Å². The first kappa shape index (κ1) is 15.1. The van der Waals surface area contributed by atoms with Crippen molar-refractivity contribution in [3.05, 3.63) is 0 Å². The van der Waals surface area contributed by atoms with Crippen LogP contribution in [0.5, 0.6) is 0 Å². The molecular formula is C9H14F2O6S2. The van der Waals surface area contributed by atoms with E-state index in [9.17, 15) is 24.6 Å². The summed E-state index contributed by atoms with van der Waals surface area (Å²) < 4.78 is 74.2. The van der Waals surface area contributed by atoms with Gasteiger partial charge < -0.3 is 0 Å². The van der Waals surface area contributed by atoms with Crippen LogP contribution in [0, 0.1) is 16.2 Å². The Balaban J connectivity index is 1.95. The summed E-state index contributed by atoms with van der Waals surface area (Å²) in [6.07, 6.45) is 1.11. The molecule has 0 aromatic heterocycles. The highest BCUT2D eigenvalue weighted by molar-refractivity contribution is 7.81. The standard InChI is InChI=1S/C9H14F2O6S2/c1-7(5-16-18(10,12)13)3-9(7)4-8(9,2)6-17-19(11,14)15/h3-6H2,1-2H3. The Morgan fingerprint density at radius 2 is 1.21 bits per heavy atom. The van der Waals surface area contributed by atoms with Gasteiger partial charge in [-0.15, -0.1) is 0 Å². The highest BCUT2D eigenvalue weighted by atomic mass is 32.3. The third-order valence-corrected chi connectivity index (χ3v) is 5.28. The summed E-state index contributed by atoms with van der Waals surface area (Å²) in [5.74, 6) is 0. The van der Waals surface area contributed by atoms with Crippen LogP contribution in [0.1, 0.15) is 26.7 Å². The molecular weight excluding hydrogens is 306 g/mol. The molecule has 2 aliphatic rings. The summed E-state index contributed by atoms with van der Waals surface area (Å²) in [4.78, 5) is 0. The fourth-order valence-corrected chi connectivity index (χ4v) is 4.04. The van der Waals surface area contributed by atoms with Crippen LogP contribution in [0.4, 0.5) is 7.77 Å². The quantitative estimate of drug-likeness (QED) is 0.685. The minimum Gasteiger partial charge on any atom is -0.244 e. The van der Waals surface area contributed by atoms with Crippen LogP contribution in [0.25, 0.3) is 0 Å². The van der Waals surface area contributed by atoms with Gasteiger partial charge in [-0.3, -0.25) is 0 Å². The Kier molecular flexibility index (Phi) is 3.07. The van der Waals surface area contributed by atoms with Gasteiger partial charge in [0.2, 0.25) is 0 Å². The maximum atomic E-state index is 12.3. The second kappa shape index (κ2) is 3.86. The van der Waals surface area contributed by atoms with Crippen molar-refractivity contribution in [2.24, 2.45) is 16.2 Å². The molecule has 0 bridgehead atoms. The topological polar surface area (TPSA) is 86.7 Å². The van der Waals surface area contributed by atoms with Gasteiger partial charge >= 0.3 is 21.0 Å². The van der Waals surface area contributed by atoms with E-state index in [0.717, 1.165) is 0 Å². The van der Waals surface area contributed by atoms with E-state index in [1.165, 1.54) is 0 Å². The van der Waals surface area contributed by atoms with Crippen molar-refractivity contribution in [2.45, 2.75) is 26.7 Å². The Morgan fingerprint density at radius 1 is 0.895 bits per heavy atom. The van der Waals surface area contributed by atoms with Gasteiger partial charge in [-0.05, 0) is 29.1 Å². The van der Waals surface area contributed by atoms with Crippen molar-refractivity contribution < 1.29 is 33.0 Å². The van der Waals surface area contributed by atoms with Gasteiger partial charge in [0.1, 0.15) is 0 Å². The van der Waals surface area contributed by atoms with Crippen molar-refractivity contribution in [2.75, 3.05) is 13.2 Å². The molecule has 2 atom stereocenters. The van der Waals surface area contributed by atoms with Crippen LogP contribution >= 0.6 is 0 Å². The van der Waals surface area contributed by atoms with Crippen molar-refractivity contribution in [3.8, 4) is 0 Å². The number of rotatable bonds is 6. The molecule has 2 saturated carbocycles. The Labute approximate surface area is 110 Å². The second-order valence-corrected chi connectivity index (χ2v) is 7.91. The average molecular weight is 320 g/mol. The Hall–Kier alpha value is -0.320. The fourth-order valence-electron chi connectivity index (χ4n) is 3.24. The summed E-state index contributed by atoms with van der Waals surface area (Å²) in [7, 11) is -10.00. The molecule has 2 rings (SSSR count). The lowest BCUT2D eigenvalue weighted by atomic mass is 9.99. The number of hydrogen-bond acceptors (Lipinski definition) is 6. The number of hydrogen-bond donors (Lipinski definition) is 0. The van der Waals surface area contributed by atoms with E-state index in [1.54, 1.807) is 13.8 Å². The predicted octanol–water partition coefficient (Wildman–Crippen LogP) is 1.25. The third kappa shape index (κ3) is 2.76. The van der Waals surface area contributed by atoms with E-state index in [0.29, 0.717) is 12.8 Å². The van der Waals surface area contributed by atoms with Gasteiger partial charge in [-0.1, -0.05) is 21.6 Å². The first-order valence-corrected chi connectivity index (χ1v) is 8.12. The highest BCUT2D eigenvalue weighted by Crippen LogP contribution is 2.87. The molecule has 0 saturated heterocycles. The first-order valence-electron chi connectivity index (χ1n) is 5.51. The van der Waals surface area contributed by atoms with Gasteiger partial charge in [0.05, 0.1) is 13.2 Å². The zero-order valence-corrected chi connectivity index (χ0v) is 12.0. The van der Waals surface area contributed by atoms with Crippen molar-refractivity contribution in [3.63, 3.8) is 0 Å². The molecule has 0 N–H and O–H groups in total. The molecule has 112 valence electrons. The van der Waals surface area contributed by atoms with E-state index < -0.39 is 31.8 Å². The lowest BCUT2D eigenvalue weighted by Gasteiger charge is -2.13. The zero-order chi connectivity index (χ0) is 14.7. The maximum Gasteiger partial charge on any atom is 0.437 e. The molecule has 10 heteroatoms. The van der Waals surface area contributed by atoms with Gasteiger partial charge in [0.25, 0.3) is 0 Å². The van der Waals surface area contributed by atoms with E-state index >= 15 is 0 Å². The zero-order valence-electron chi connectivity index (χ0n) is 10.4. The molecule has 0 amide bonds. The molecule has 2 aliphatic carbocycles. The van der Waals surface area contributed by atoms with Crippen LogP contribution in [-0.2, 0) is 29.4 Å². The molecule has 0 aliphatic heterocycles. The summed E-state index contributed by atoms with van der Waals surface area (Å²) in [5, 5.41) is 0. The minimum atomic E-state index is -5.00. The SMILES string of the molecule is CC1(COS(=O)(=O)F)CC12CC2(C)COS(=O)(=O)F. The molecule has 0 heterocycles. The van der Waals surface area contributed by atoms with Crippen molar-refractivity contribution in [1.29, 1.82) is 0 Å². The lowest BCUT2D eigenvalue weighted by molar-refractivity contribution is 0.185. The van der Waals surface area contributed by atoms with Gasteiger partial charge in [-0.25, -0.2) is 8.37 Å². The van der Waals surface area contributed by atoms with E-state index in [1.807, 2.05) is 0 Å². The van der Waals surface area contributed by atoms with Crippen LogP contribution < -0.4 is 0 Å². The average Bonchev–Trinajstić information content (AvgIpc) is 2.98. The molecule has 6 nitrogen and oxygen atoms in total. The van der Waals surface area contributed by atoms with E-state index in [-0.39, 0.29) is 18.6 Å². The van der Waals surface area contributed by atoms with Gasteiger partial charge in [-0.2, -0.15) is 16.8 Å². The monoisotopic (exact) mass is 320 g/mol. The second-order valence-electron chi connectivity index (χ2n) is 5.87. The first-order chi connectivity index (χ1) is 8.33. The molecule has 0 aromatic carbocycles. The Morgan fingerprint density at radius 3 is 1.47 bits per heavy atom. The molecule has 19 heavy (non-hydrogen) atoms. The van der Waals surface area contributed by atoms with Crippen molar-refractivity contribution in [1.82, 2.24) is 0 Å². The number of halogens is 2. The maximum absolute atomic E-state index is 12.3. The normalized spacial score (nSPS) is 41.5. The van der Waals surface area contributed by atoms with Crippen LogP contribution in [-0.4, -0.2) is 30.0 Å². The van der Waals surface area contributed by atoms with Crippen LogP contribution in [0.3, 0.4) is 0 Å². The molecule has 0 radical (unpaired) electrons. The highest BCUT2D eigenvalue weighted by Gasteiger charge is 2.83. The molecule has 0 aromatic rings. The summed E-state index contributed by atoms with van der Waals surface area (Å²) in [5.41, 5.74) is -1.50. The van der Waals surface area contributed by atoms with Gasteiger partial charge in [0, 0.05) is 0 Å². The summed E-state index contributed by atoms with van der Waals surface area (Å²) in [6, 6.07) is 0. The largest absolute Gasteiger partial charge is 0.437 e. The predicted molar refractivity (Wildman–Crippen MR) is 59.8 cm³/mol. The summed E-state index contributed by atoms with van der Waals surface area (Å²) in [6.45, 7) is 2.80. The van der Waals surface area contributed by atoms with Crippen molar-refractivity contribution >= 4 is 21.0 Å². The van der Waals surface area contributed by atoms with E-state index in [2.05, 4.69) is 8.37 Å². The molecule has 2 unspecified atom stereocenters. The molecule has 2 fully saturated rings.